The Morgan fingerprint density at radius 1 is 1.00 bits per heavy atom. The van der Waals surface area contributed by atoms with Crippen molar-refractivity contribution in [1.82, 2.24) is 5.32 Å². The highest BCUT2D eigenvalue weighted by Crippen LogP contribution is 2.22. The summed E-state index contributed by atoms with van der Waals surface area (Å²) in [7, 11) is 0. The van der Waals surface area contributed by atoms with Crippen LogP contribution in [0, 0.1) is 0 Å². The number of aryl methyl sites for hydroxylation is 1. The van der Waals surface area contributed by atoms with Crippen molar-refractivity contribution in [3.8, 4) is 0 Å². The zero-order valence-electron chi connectivity index (χ0n) is 13.8. The number of aliphatic carboxylic acids is 1. The minimum absolute atomic E-state index is 0.0893. The van der Waals surface area contributed by atoms with Gasteiger partial charge in [0, 0.05) is 18.5 Å². The summed E-state index contributed by atoms with van der Waals surface area (Å²) in [6.45, 7) is -0.0893. The van der Waals surface area contributed by atoms with Crippen LogP contribution in [0.15, 0.2) is 54.6 Å². The number of carboxylic acids is 1. The van der Waals surface area contributed by atoms with Gasteiger partial charge in [-0.25, -0.2) is 0 Å². The van der Waals surface area contributed by atoms with Gasteiger partial charge < -0.3 is 10.4 Å². The first-order valence-corrected chi connectivity index (χ1v) is 7.98. The van der Waals surface area contributed by atoms with E-state index in [4.69, 9.17) is 0 Å². The molecular weight excluding hydrogens is 347 g/mol. The Bertz CT molecular complexity index is 743. The van der Waals surface area contributed by atoms with Gasteiger partial charge in [-0.2, -0.15) is 13.2 Å². The van der Waals surface area contributed by atoms with Gasteiger partial charge in [0.25, 0.3) is 5.91 Å². The molecule has 2 rings (SSSR count). The molecule has 0 aliphatic rings. The number of hydrogen-bond donors (Lipinski definition) is 2. The number of carboxylic acid groups (broad SMARTS) is 1. The number of halogens is 3. The first kappa shape index (κ1) is 19.5. The van der Waals surface area contributed by atoms with E-state index in [0.717, 1.165) is 0 Å². The SMILES string of the molecule is O=C(NCC(C(=O)O)c1ccccc1)c1ccc(CCC(F)(F)F)cc1. The lowest BCUT2D eigenvalue weighted by molar-refractivity contribution is -0.138. The number of carbonyl (C=O) groups is 2. The maximum atomic E-state index is 12.2. The Morgan fingerprint density at radius 2 is 1.62 bits per heavy atom. The Labute approximate surface area is 148 Å². The van der Waals surface area contributed by atoms with Gasteiger partial charge in [0.1, 0.15) is 0 Å². The second-order valence-corrected chi connectivity index (χ2v) is 5.82. The molecule has 1 atom stereocenters. The van der Waals surface area contributed by atoms with E-state index in [2.05, 4.69) is 5.32 Å². The quantitative estimate of drug-likeness (QED) is 0.785. The van der Waals surface area contributed by atoms with Crippen LogP contribution in [-0.4, -0.2) is 29.7 Å². The second-order valence-electron chi connectivity index (χ2n) is 5.82. The van der Waals surface area contributed by atoms with Crippen LogP contribution >= 0.6 is 0 Å². The van der Waals surface area contributed by atoms with Crippen molar-refractivity contribution in [2.75, 3.05) is 6.54 Å². The Kier molecular flexibility index (Phi) is 6.38. The summed E-state index contributed by atoms with van der Waals surface area (Å²) in [6, 6.07) is 14.3. The van der Waals surface area contributed by atoms with E-state index >= 15 is 0 Å². The maximum Gasteiger partial charge on any atom is 0.389 e. The van der Waals surface area contributed by atoms with E-state index in [-0.39, 0.29) is 18.5 Å². The van der Waals surface area contributed by atoms with Crippen LogP contribution in [0.3, 0.4) is 0 Å². The van der Waals surface area contributed by atoms with Crippen molar-refractivity contribution in [2.45, 2.75) is 24.9 Å². The number of carbonyl (C=O) groups excluding carboxylic acids is 1. The van der Waals surface area contributed by atoms with Crippen LogP contribution in [0.5, 0.6) is 0 Å². The topological polar surface area (TPSA) is 66.4 Å². The van der Waals surface area contributed by atoms with Crippen molar-refractivity contribution < 1.29 is 27.9 Å². The van der Waals surface area contributed by atoms with Crippen molar-refractivity contribution in [1.29, 1.82) is 0 Å². The predicted molar refractivity (Wildman–Crippen MR) is 90.0 cm³/mol. The third-order valence-corrected chi connectivity index (χ3v) is 3.88. The molecule has 0 aliphatic carbocycles. The van der Waals surface area contributed by atoms with Gasteiger partial charge >= 0.3 is 12.1 Å². The minimum Gasteiger partial charge on any atom is -0.481 e. The predicted octanol–water partition coefficient (Wildman–Crippen LogP) is 3.78. The second kappa shape index (κ2) is 8.51. The molecule has 0 saturated heterocycles. The van der Waals surface area contributed by atoms with Crippen molar-refractivity contribution in [3.63, 3.8) is 0 Å². The van der Waals surface area contributed by atoms with Crippen LogP contribution in [0.4, 0.5) is 13.2 Å². The maximum absolute atomic E-state index is 12.2. The fourth-order valence-corrected chi connectivity index (χ4v) is 2.44. The summed E-state index contributed by atoms with van der Waals surface area (Å²) in [6.07, 6.45) is -5.30. The monoisotopic (exact) mass is 365 g/mol. The highest BCUT2D eigenvalue weighted by Gasteiger charge is 2.26. The highest BCUT2D eigenvalue weighted by molar-refractivity contribution is 5.94. The Hall–Kier alpha value is -2.83. The molecule has 4 nitrogen and oxygen atoms in total. The van der Waals surface area contributed by atoms with E-state index in [9.17, 15) is 27.9 Å². The molecule has 1 unspecified atom stereocenters. The smallest absolute Gasteiger partial charge is 0.389 e. The molecule has 7 heteroatoms. The number of alkyl halides is 3. The van der Waals surface area contributed by atoms with Gasteiger partial charge in [0.15, 0.2) is 0 Å². The number of benzene rings is 2. The molecule has 138 valence electrons. The zero-order chi connectivity index (χ0) is 19.2. The van der Waals surface area contributed by atoms with Crippen LogP contribution in [0.25, 0.3) is 0 Å². The summed E-state index contributed by atoms with van der Waals surface area (Å²) >= 11 is 0. The third kappa shape index (κ3) is 5.91. The van der Waals surface area contributed by atoms with Crippen LogP contribution in [0.1, 0.15) is 33.8 Å². The van der Waals surface area contributed by atoms with Crippen molar-refractivity contribution >= 4 is 11.9 Å². The average Bonchev–Trinajstić information content (AvgIpc) is 2.60. The fraction of sp³-hybridized carbons (Fsp3) is 0.263. The van der Waals surface area contributed by atoms with Gasteiger partial charge in [-0.15, -0.1) is 0 Å². The molecule has 0 fully saturated rings. The first-order valence-electron chi connectivity index (χ1n) is 7.98. The van der Waals surface area contributed by atoms with Gasteiger partial charge in [0.05, 0.1) is 5.92 Å². The fourth-order valence-electron chi connectivity index (χ4n) is 2.44. The van der Waals surface area contributed by atoms with Crippen molar-refractivity contribution in [2.24, 2.45) is 0 Å². The molecule has 2 N–H and O–H groups in total. The van der Waals surface area contributed by atoms with Gasteiger partial charge in [0.2, 0.25) is 0 Å². The molecule has 2 aromatic carbocycles. The van der Waals surface area contributed by atoms with Gasteiger partial charge in [-0.3, -0.25) is 9.59 Å². The molecule has 0 spiro atoms. The molecule has 1 amide bonds. The van der Waals surface area contributed by atoms with E-state index in [1.807, 2.05) is 0 Å². The highest BCUT2D eigenvalue weighted by atomic mass is 19.4. The summed E-state index contributed by atoms with van der Waals surface area (Å²) in [5.41, 5.74) is 1.31. The van der Waals surface area contributed by atoms with Gasteiger partial charge in [-0.1, -0.05) is 42.5 Å². The first-order chi connectivity index (χ1) is 12.3. The lowest BCUT2D eigenvalue weighted by Crippen LogP contribution is -2.31. The van der Waals surface area contributed by atoms with Crippen LogP contribution < -0.4 is 5.32 Å². The normalized spacial score (nSPS) is 12.4. The molecule has 2 aromatic rings. The molecular formula is C19H18F3NO3. The summed E-state index contributed by atoms with van der Waals surface area (Å²) in [5, 5.41) is 11.9. The molecule has 0 aliphatic heterocycles. The lowest BCUT2D eigenvalue weighted by Gasteiger charge is -2.14. The number of hydrogen-bond acceptors (Lipinski definition) is 2. The van der Waals surface area contributed by atoms with E-state index in [0.29, 0.717) is 11.1 Å². The molecule has 0 aromatic heterocycles. The Morgan fingerprint density at radius 3 is 2.15 bits per heavy atom. The summed E-state index contributed by atoms with van der Waals surface area (Å²) in [5.74, 6) is -2.42. The number of amides is 1. The largest absolute Gasteiger partial charge is 0.481 e. The minimum atomic E-state index is -4.22. The van der Waals surface area contributed by atoms with Crippen LogP contribution in [-0.2, 0) is 11.2 Å². The average molecular weight is 365 g/mol. The summed E-state index contributed by atoms with van der Waals surface area (Å²) < 4.78 is 36.7. The number of nitrogens with one attached hydrogen (secondary N) is 1. The summed E-state index contributed by atoms with van der Waals surface area (Å²) in [4.78, 5) is 23.6. The van der Waals surface area contributed by atoms with Crippen molar-refractivity contribution in [3.05, 3.63) is 71.3 Å². The third-order valence-electron chi connectivity index (χ3n) is 3.88. The Balaban J connectivity index is 1.95. The molecule has 0 saturated carbocycles. The standard InChI is InChI=1S/C19H18F3NO3/c20-19(21,22)11-10-13-6-8-15(9-7-13)17(24)23-12-16(18(25)26)14-4-2-1-3-5-14/h1-9,16H,10-12H2,(H,23,24)(H,25,26). The molecule has 26 heavy (non-hydrogen) atoms. The van der Waals surface area contributed by atoms with E-state index in [1.165, 1.54) is 24.3 Å². The lowest BCUT2D eigenvalue weighted by atomic mass is 9.99. The van der Waals surface area contributed by atoms with Crippen LogP contribution in [0.2, 0.25) is 0 Å². The number of rotatable bonds is 7. The molecule has 0 radical (unpaired) electrons. The van der Waals surface area contributed by atoms with E-state index < -0.39 is 30.4 Å². The van der Waals surface area contributed by atoms with E-state index in [1.54, 1.807) is 30.3 Å². The van der Waals surface area contributed by atoms with Gasteiger partial charge in [-0.05, 0) is 29.7 Å². The molecule has 0 heterocycles. The molecule has 0 bridgehead atoms. The zero-order valence-corrected chi connectivity index (χ0v) is 13.8.